The van der Waals surface area contributed by atoms with E-state index in [1.807, 2.05) is 18.7 Å². The molecule has 0 aromatic heterocycles. The SMILES string of the molecule is CCCNC(=O)Nc1ccc2c(c1)OC[C@@H](C)N(C(=O)C1CC1)C[C@H](C)[C@H](OC)CN(C)C2=O. The predicted molar refractivity (Wildman–Crippen MR) is 130 cm³/mol. The number of nitrogens with zero attached hydrogens (tertiary/aromatic N) is 2. The van der Waals surface area contributed by atoms with Gasteiger partial charge in [0.15, 0.2) is 0 Å². The van der Waals surface area contributed by atoms with Crippen molar-refractivity contribution in [3.63, 3.8) is 0 Å². The van der Waals surface area contributed by atoms with Crippen molar-refractivity contribution < 1.29 is 23.9 Å². The maximum atomic E-state index is 13.3. The van der Waals surface area contributed by atoms with Gasteiger partial charge in [0.25, 0.3) is 5.91 Å². The van der Waals surface area contributed by atoms with E-state index in [9.17, 15) is 14.4 Å². The molecule has 3 rings (SSSR count). The normalized spacial score (nSPS) is 23.8. The van der Waals surface area contributed by atoms with Crippen LogP contribution in [0.1, 0.15) is 50.4 Å². The molecule has 0 radical (unpaired) electrons. The summed E-state index contributed by atoms with van der Waals surface area (Å²) in [6.45, 7) is 7.71. The van der Waals surface area contributed by atoms with E-state index in [1.54, 1.807) is 37.3 Å². The Balaban J connectivity index is 1.90. The van der Waals surface area contributed by atoms with Gasteiger partial charge < -0.3 is 29.9 Å². The molecule has 1 aliphatic carbocycles. The Morgan fingerprint density at radius 1 is 1.21 bits per heavy atom. The van der Waals surface area contributed by atoms with E-state index in [-0.39, 0.29) is 48.4 Å². The molecule has 4 amide bonds. The number of hydrogen-bond donors (Lipinski definition) is 2. The topological polar surface area (TPSA) is 100 Å². The van der Waals surface area contributed by atoms with Gasteiger partial charge >= 0.3 is 6.03 Å². The molecule has 0 spiro atoms. The van der Waals surface area contributed by atoms with Gasteiger partial charge in [-0.3, -0.25) is 9.59 Å². The number of nitrogens with one attached hydrogen (secondary N) is 2. The first kappa shape index (κ1) is 25.8. The summed E-state index contributed by atoms with van der Waals surface area (Å²) in [6, 6.07) is 4.52. The van der Waals surface area contributed by atoms with Gasteiger partial charge in [-0.05, 0) is 38.3 Å². The lowest BCUT2D eigenvalue weighted by molar-refractivity contribution is -0.136. The number of benzene rings is 1. The fraction of sp³-hybridized carbons (Fsp3) is 0.640. The molecule has 188 valence electrons. The van der Waals surface area contributed by atoms with E-state index in [2.05, 4.69) is 17.6 Å². The highest BCUT2D eigenvalue weighted by Crippen LogP contribution is 2.33. The number of likely N-dealkylation sites (N-methyl/N-ethyl adjacent to an activating group) is 1. The van der Waals surface area contributed by atoms with Gasteiger partial charge in [-0.25, -0.2) is 4.79 Å². The van der Waals surface area contributed by atoms with Crippen LogP contribution in [-0.4, -0.2) is 80.2 Å². The summed E-state index contributed by atoms with van der Waals surface area (Å²) >= 11 is 0. The minimum Gasteiger partial charge on any atom is -0.491 e. The predicted octanol–water partition coefficient (Wildman–Crippen LogP) is 2.96. The second kappa shape index (κ2) is 11.6. The summed E-state index contributed by atoms with van der Waals surface area (Å²) in [4.78, 5) is 42.0. The first-order valence-electron chi connectivity index (χ1n) is 12.2. The number of urea groups is 1. The fourth-order valence-corrected chi connectivity index (χ4v) is 4.14. The second-order valence-electron chi connectivity index (χ2n) is 9.45. The van der Waals surface area contributed by atoms with Crippen molar-refractivity contribution in [1.29, 1.82) is 0 Å². The van der Waals surface area contributed by atoms with Crippen LogP contribution in [0.15, 0.2) is 18.2 Å². The average molecular weight is 475 g/mol. The van der Waals surface area contributed by atoms with Gasteiger partial charge in [0.2, 0.25) is 5.91 Å². The Labute approximate surface area is 202 Å². The van der Waals surface area contributed by atoms with E-state index in [1.165, 1.54) is 0 Å². The molecular formula is C25H38N4O5. The van der Waals surface area contributed by atoms with Crippen LogP contribution < -0.4 is 15.4 Å². The van der Waals surface area contributed by atoms with Crippen LogP contribution in [0.5, 0.6) is 5.75 Å². The molecule has 1 saturated carbocycles. The highest BCUT2D eigenvalue weighted by molar-refractivity contribution is 5.98. The molecule has 2 N–H and O–H groups in total. The van der Waals surface area contributed by atoms with Gasteiger partial charge in [-0.2, -0.15) is 0 Å². The van der Waals surface area contributed by atoms with Gasteiger partial charge in [0, 0.05) is 57.4 Å². The third kappa shape index (κ3) is 6.40. The molecule has 1 aromatic carbocycles. The van der Waals surface area contributed by atoms with E-state index >= 15 is 0 Å². The van der Waals surface area contributed by atoms with Crippen molar-refractivity contribution >= 4 is 23.5 Å². The van der Waals surface area contributed by atoms with Crippen molar-refractivity contribution in [3.05, 3.63) is 23.8 Å². The number of methoxy groups -OCH3 is 1. The monoisotopic (exact) mass is 474 g/mol. The maximum absolute atomic E-state index is 13.3. The lowest BCUT2D eigenvalue weighted by Crippen LogP contribution is -2.49. The molecule has 9 nitrogen and oxygen atoms in total. The van der Waals surface area contributed by atoms with Gasteiger partial charge in [-0.15, -0.1) is 0 Å². The zero-order valence-corrected chi connectivity index (χ0v) is 20.9. The molecule has 34 heavy (non-hydrogen) atoms. The number of carbonyl (C=O) groups excluding carboxylic acids is 3. The van der Waals surface area contributed by atoms with Crippen LogP contribution in [-0.2, 0) is 9.53 Å². The van der Waals surface area contributed by atoms with Gasteiger partial charge in [0.1, 0.15) is 12.4 Å². The summed E-state index contributed by atoms with van der Waals surface area (Å²) in [5, 5.41) is 5.55. The van der Waals surface area contributed by atoms with Crippen molar-refractivity contribution in [2.24, 2.45) is 11.8 Å². The Morgan fingerprint density at radius 3 is 2.59 bits per heavy atom. The molecule has 1 aliphatic heterocycles. The van der Waals surface area contributed by atoms with Crippen molar-refractivity contribution in [2.75, 3.05) is 45.7 Å². The zero-order valence-electron chi connectivity index (χ0n) is 20.9. The third-order valence-corrected chi connectivity index (χ3v) is 6.45. The van der Waals surface area contributed by atoms with E-state index in [4.69, 9.17) is 9.47 Å². The molecule has 1 aromatic rings. The second-order valence-corrected chi connectivity index (χ2v) is 9.45. The molecular weight excluding hydrogens is 436 g/mol. The summed E-state index contributed by atoms with van der Waals surface area (Å²) in [5.41, 5.74) is 0.925. The summed E-state index contributed by atoms with van der Waals surface area (Å²) in [6.07, 6.45) is 2.47. The molecule has 0 bridgehead atoms. The van der Waals surface area contributed by atoms with Crippen molar-refractivity contribution in [3.8, 4) is 5.75 Å². The third-order valence-electron chi connectivity index (χ3n) is 6.45. The van der Waals surface area contributed by atoms with E-state index in [0.29, 0.717) is 36.6 Å². The molecule has 0 saturated heterocycles. The zero-order chi connectivity index (χ0) is 24.8. The lowest BCUT2D eigenvalue weighted by Gasteiger charge is -2.36. The minimum atomic E-state index is -0.315. The van der Waals surface area contributed by atoms with E-state index < -0.39 is 0 Å². The molecule has 9 heteroatoms. The quantitative estimate of drug-likeness (QED) is 0.684. The molecule has 1 heterocycles. The van der Waals surface area contributed by atoms with Crippen LogP contribution >= 0.6 is 0 Å². The van der Waals surface area contributed by atoms with Crippen LogP contribution in [0.25, 0.3) is 0 Å². The summed E-state index contributed by atoms with van der Waals surface area (Å²) in [5.74, 6) is 0.473. The number of fused-ring (bicyclic) bond motifs is 1. The van der Waals surface area contributed by atoms with Crippen LogP contribution in [0.3, 0.4) is 0 Å². The maximum Gasteiger partial charge on any atom is 0.319 e. The van der Waals surface area contributed by atoms with Crippen LogP contribution in [0.2, 0.25) is 0 Å². The molecule has 0 unspecified atom stereocenters. The number of rotatable bonds is 5. The minimum absolute atomic E-state index is 0.0394. The molecule has 2 aliphatic rings. The lowest BCUT2D eigenvalue weighted by atomic mass is 10.0. The Bertz CT molecular complexity index is 888. The summed E-state index contributed by atoms with van der Waals surface area (Å²) in [7, 11) is 3.37. The Kier molecular flexibility index (Phi) is 8.77. The average Bonchev–Trinajstić information content (AvgIpc) is 3.67. The number of amides is 4. The van der Waals surface area contributed by atoms with Gasteiger partial charge in [-0.1, -0.05) is 13.8 Å². The summed E-state index contributed by atoms with van der Waals surface area (Å²) < 4.78 is 11.9. The number of hydrogen-bond acceptors (Lipinski definition) is 5. The van der Waals surface area contributed by atoms with Crippen molar-refractivity contribution in [1.82, 2.24) is 15.1 Å². The first-order valence-corrected chi connectivity index (χ1v) is 12.2. The van der Waals surface area contributed by atoms with Gasteiger partial charge in [0.05, 0.1) is 17.7 Å². The first-order chi connectivity index (χ1) is 16.2. The Hall–Kier alpha value is -2.81. The largest absolute Gasteiger partial charge is 0.491 e. The number of anilines is 1. The Morgan fingerprint density at radius 2 is 1.94 bits per heavy atom. The van der Waals surface area contributed by atoms with Crippen LogP contribution in [0.4, 0.5) is 10.5 Å². The van der Waals surface area contributed by atoms with Crippen molar-refractivity contribution in [2.45, 2.75) is 52.2 Å². The highest BCUT2D eigenvalue weighted by atomic mass is 16.5. The van der Waals surface area contributed by atoms with E-state index in [0.717, 1.165) is 19.3 Å². The highest BCUT2D eigenvalue weighted by Gasteiger charge is 2.37. The molecule has 1 fully saturated rings. The number of carbonyl (C=O) groups is 3. The van der Waals surface area contributed by atoms with Crippen LogP contribution in [0, 0.1) is 11.8 Å². The standard InChI is InChI=1S/C25H38N4O5/c1-6-11-26-25(32)27-19-9-10-20-21(12-19)34-15-17(3)29(23(30)18-7-8-18)13-16(2)22(33-5)14-28(4)24(20)31/h9-10,12,16-18,22H,6-8,11,13-15H2,1-5H3,(H2,26,27,32)/t16-,17+,22+/m0/s1. The molecule has 3 atom stereocenters. The number of ether oxygens (including phenoxy) is 2. The smallest absolute Gasteiger partial charge is 0.319 e. The fourth-order valence-electron chi connectivity index (χ4n) is 4.14.